The summed E-state index contributed by atoms with van der Waals surface area (Å²) in [6.07, 6.45) is 2.07. The first-order valence-electron chi connectivity index (χ1n) is 12.4. The van der Waals surface area contributed by atoms with Gasteiger partial charge in [0, 0.05) is 12.1 Å². The van der Waals surface area contributed by atoms with Gasteiger partial charge < -0.3 is 19.7 Å². The molecule has 2 aromatic heterocycles. The van der Waals surface area contributed by atoms with Crippen molar-refractivity contribution < 1.29 is 23.9 Å². The molecule has 5 rings (SSSR count). The molecule has 0 radical (unpaired) electrons. The number of rotatable bonds is 8. The summed E-state index contributed by atoms with van der Waals surface area (Å²) in [5, 5.41) is 3.12. The molecule has 0 saturated heterocycles. The number of nitrogens with zero attached hydrogens (tertiary/aromatic N) is 3. The Morgan fingerprint density at radius 1 is 1.18 bits per heavy atom. The predicted octanol–water partition coefficient (Wildman–Crippen LogP) is 4.05. The van der Waals surface area contributed by atoms with Gasteiger partial charge in [0.1, 0.15) is 16.3 Å². The maximum absolute atomic E-state index is 13.4. The van der Waals surface area contributed by atoms with Gasteiger partial charge in [-0.25, -0.2) is 4.98 Å². The van der Waals surface area contributed by atoms with Crippen molar-refractivity contribution in [2.45, 2.75) is 26.8 Å². The number of fused-ring (bicyclic) bond motifs is 2. The minimum atomic E-state index is -0.414. The van der Waals surface area contributed by atoms with E-state index in [-0.39, 0.29) is 30.7 Å². The Bertz CT molecular complexity index is 1670. The molecule has 2 aromatic carbocycles. The Morgan fingerprint density at radius 2 is 1.97 bits per heavy atom. The molecule has 1 aliphatic heterocycles. The number of carbonyl (C=O) groups excluding carboxylic acids is 3. The third-order valence-corrected chi connectivity index (χ3v) is 7.66. The number of amides is 2. The highest BCUT2D eigenvalue weighted by atomic mass is 32.1. The lowest BCUT2D eigenvalue weighted by atomic mass is 10.1. The lowest BCUT2D eigenvalue weighted by Crippen LogP contribution is -2.39. The highest BCUT2D eigenvalue weighted by Crippen LogP contribution is 2.34. The van der Waals surface area contributed by atoms with E-state index in [2.05, 4.69) is 10.3 Å². The van der Waals surface area contributed by atoms with Gasteiger partial charge in [-0.3, -0.25) is 23.7 Å². The molecular weight excluding hydrogens is 520 g/mol. The monoisotopic (exact) mass is 546 g/mol. The molecule has 4 aromatic rings. The van der Waals surface area contributed by atoms with Crippen molar-refractivity contribution in [2.75, 3.05) is 30.5 Å². The van der Waals surface area contributed by atoms with Gasteiger partial charge >= 0.3 is 0 Å². The first-order valence-corrected chi connectivity index (χ1v) is 13.2. The molecule has 11 heteroatoms. The number of ether oxygens (including phenoxy) is 2. The number of para-hydroxylation sites is 2. The summed E-state index contributed by atoms with van der Waals surface area (Å²) >= 11 is 1.11. The fourth-order valence-corrected chi connectivity index (χ4v) is 5.54. The average Bonchev–Trinajstić information content (AvgIpc) is 3.28. The molecule has 1 N–H and O–H groups in total. The van der Waals surface area contributed by atoms with Crippen LogP contribution in [0.1, 0.15) is 38.9 Å². The van der Waals surface area contributed by atoms with Crippen LogP contribution in [0.4, 0.5) is 11.4 Å². The van der Waals surface area contributed by atoms with Gasteiger partial charge in [0.2, 0.25) is 0 Å². The van der Waals surface area contributed by atoms with Gasteiger partial charge in [-0.15, -0.1) is 11.3 Å². The van der Waals surface area contributed by atoms with Crippen molar-refractivity contribution in [1.29, 1.82) is 0 Å². The van der Waals surface area contributed by atoms with E-state index >= 15 is 0 Å². The molecule has 0 aliphatic carbocycles. The van der Waals surface area contributed by atoms with Crippen LogP contribution in [-0.2, 0) is 11.3 Å². The number of methoxy groups -OCH3 is 1. The SMILES string of the molecule is CCCN1C(=O)COc2ccc(C(=O)Cn3cnc4sc(C(=O)Nc5ccccc5OC)c(C)c4c3=O)cc21. The van der Waals surface area contributed by atoms with Gasteiger partial charge in [-0.05, 0) is 49.2 Å². The number of benzene rings is 2. The molecule has 39 heavy (non-hydrogen) atoms. The quantitative estimate of drug-likeness (QED) is 0.331. The summed E-state index contributed by atoms with van der Waals surface area (Å²) in [6.45, 7) is 3.87. The van der Waals surface area contributed by atoms with Crippen LogP contribution in [0, 0.1) is 6.92 Å². The zero-order valence-electron chi connectivity index (χ0n) is 21.6. The summed E-state index contributed by atoms with van der Waals surface area (Å²) in [6, 6.07) is 11.9. The third kappa shape index (κ3) is 4.88. The molecule has 0 fully saturated rings. The van der Waals surface area contributed by atoms with Gasteiger partial charge in [-0.2, -0.15) is 0 Å². The largest absolute Gasteiger partial charge is 0.495 e. The van der Waals surface area contributed by atoms with Crippen LogP contribution in [0.25, 0.3) is 10.2 Å². The molecule has 0 atom stereocenters. The Kier molecular flexibility index (Phi) is 7.16. The molecule has 0 bridgehead atoms. The average molecular weight is 547 g/mol. The number of thiophene rings is 1. The second kappa shape index (κ2) is 10.7. The summed E-state index contributed by atoms with van der Waals surface area (Å²) in [7, 11) is 1.52. The minimum absolute atomic E-state index is 0.0414. The molecule has 0 spiro atoms. The van der Waals surface area contributed by atoms with E-state index in [0.29, 0.717) is 55.6 Å². The van der Waals surface area contributed by atoms with Crippen LogP contribution in [-0.4, -0.2) is 47.4 Å². The van der Waals surface area contributed by atoms with E-state index in [1.54, 1.807) is 54.3 Å². The van der Waals surface area contributed by atoms with Crippen molar-refractivity contribution >= 4 is 50.5 Å². The van der Waals surface area contributed by atoms with E-state index in [1.807, 2.05) is 6.92 Å². The van der Waals surface area contributed by atoms with Crippen LogP contribution < -0.4 is 25.2 Å². The van der Waals surface area contributed by atoms with Crippen LogP contribution in [0.5, 0.6) is 11.5 Å². The van der Waals surface area contributed by atoms with E-state index in [0.717, 1.165) is 17.8 Å². The molecule has 10 nitrogen and oxygen atoms in total. The zero-order chi connectivity index (χ0) is 27.7. The van der Waals surface area contributed by atoms with Crippen molar-refractivity contribution in [3.05, 3.63) is 75.1 Å². The molecule has 200 valence electrons. The standard InChI is InChI=1S/C28H26N4O6S/c1-4-11-32-19-12-17(9-10-22(19)38-14-23(32)34)20(33)13-31-15-29-27-24(28(31)36)16(2)25(39-27)26(35)30-18-7-5-6-8-21(18)37-3/h5-10,12,15H,4,11,13-14H2,1-3H3,(H,30,35). The Morgan fingerprint density at radius 3 is 2.74 bits per heavy atom. The van der Waals surface area contributed by atoms with Crippen LogP contribution in [0.2, 0.25) is 0 Å². The minimum Gasteiger partial charge on any atom is -0.495 e. The molecule has 1 aliphatic rings. The van der Waals surface area contributed by atoms with Crippen LogP contribution in [0.15, 0.2) is 53.6 Å². The normalized spacial score (nSPS) is 12.7. The first-order chi connectivity index (χ1) is 18.8. The van der Waals surface area contributed by atoms with Gasteiger partial charge in [0.25, 0.3) is 17.4 Å². The summed E-state index contributed by atoms with van der Waals surface area (Å²) in [5.74, 6) is 0.174. The fourth-order valence-electron chi connectivity index (χ4n) is 4.51. The lowest BCUT2D eigenvalue weighted by molar-refractivity contribution is -0.121. The van der Waals surface area contributed by atoms with Gasteiger partial charge in [0.15, 0.2) is 12.4 Å². The predicted molar refractivity (Wildman–Crippen MR) is 148 cm³/mol. The number of ketones is 1. The van der Waals surface area contributed by atoms with E-state index < -0.39 is 5.56 Å². The maximum Gasteiger partial charge on any atom is 0.266 e. The van der Waals surface area contributed by atoms with Gasteiger partial charge in [-0.1, -0.05) is 19.1 Å². The second-order valence-corrected chi connectivity index (χ2v) is 10.0. The summed E-state index contributed by atoms with van der Waals surface area (Å²) in [4.78, 5) is 58.7. The Labute approximate surface area is 227 Å². The zero-order valence-corrected chi connectivity index (χ0v) is 22.5. The highest BCUT2D eigenvalue weighted by molar-refractivity contribution is 7.20. The number of Topliss-reactive ketones (excluding diaryl/α,β-unsaturated/α-hetero) is 1. The molecular formula is C28H26N4O6S. The smallest absolute Gasteiger partial charge is 0.266 e. The third-order valence-electron chi connectivity index (χ3n) is 6.46. The van der Waals surface area contributed by atoms with Crippen molar-refractivity contribution in [3.8, 4) is 11.5 Å². The number of nitrogens with one attached hydrogen (secondary N) is 1. The lowest BCUT2D eigenvalue weighted by Gasteiger charge is -2.29. The number of carbonyl (C=O) groups is 3. The Balaban J connectivity index is 1.42. The molecule has 0 saturated carbocycles. The molecule has 3 heterocycles. The first kappa shape index (κ1) is 26.1. The topological polar surface area (TPSA) is 120 Å². The molecule has 0 unspecified atom stereocenters. The number of anilines is 2. The summed E-state index contributed by atoms with van der Waals surface area (Å²) < 4.78 is 12.0. The number of aromatic nitrogens is 2. The van der Waals surface area contributed by atoms with Crippen molar-refractivity contribution in [2.24, 2.45) is 0 Å². The van der Waals surface area contributed by atoms with Crippen LogP contribution in [0.3, 0.4) is 0 Å². The number of aryl methyl sites for hydroxylation is 1. The van der Waals surface area contributed by atoms with E-state index in [4.69, 9.17) is 9.47 Å². The van der Waals surface area contributed by atoms with Crippen LogP contribution >= 0.6 is 11.3 Å². The molecule has 2 amide bonds. The van der Waals surface area contributed by atoms with Crippen molar-refractivity contribution in [3.63, 3.8) is 0 Å². The summed E-state index contributed by atoms with van der Waals surface area (Å²) in [5.41, 5.74) is 1.47. The maximum atomic E-state index is 13.4. The fraction of sp³-hybridized carbons (Fsp3) is 0.250. The number of hydrogen-bond acceptors (Lipinski definition) is 8. The van der Waals surface area contributed by atoms with Crippen molar-refractivity contribution in [1.82, 2.24) is 9.55 Å². The Hall–Kier alpha value is -4.51. The second-order valence-electron chi connectivity index (χ2n) is 9.01. The van der Waals surface area contributed by atoms with E-state index in [9.17, 15) is 19.2 Å². The van der Waals surface area contributed by atoms with E-state index in [1.165, 1.54) is 18.0 Å². The number of hydrogen-bond donors (Lipinski definition) is 1. The van der Waals surface area contributed by atoms with Gasteiger partial charge in [0.05, 0.1) is 41.6 Å². The highest BCUT2D eigenvalue weighted by Gasteiger charge is 2.26.